The van der Waals surface area contributed by atoms with E-state index in [1.54, 1.807) is 0 Å². The molecule has 17 heavy (non-hydrogen) atoms. The van der Waals surface area contributed by atoms with Gasteiger partial charge >= 0.3 is 0 Å². The Morgan fingerprint density at radius 1 is 1.12 bits per heavy atom. The van der Waals surface area contributed by atoms with E-state index < -0.39 is 0 Å². The summed E-state index contributed by atoms with van der Waals surface area (Å²) in [4.78, 5) is 0. The maximum absolute atomic E-state index is 5.89. The monoisotopic (exact) mass is 234 g/mol. The van der Waals surface area contributed by atoms with Gasteiger partial charge in [-0.3, -0.25) is 0 Å². The van der Waals surface area contributed by atoms with Crippen molar-refractivity contribution in [1.29, 1.82) is 0 Å². The van der Waals surface area contributed by atoms with Gasteiger partial charge in [-0.15, -0.1) is 0 Å². The smallest absolute Gasteiger partial charge is 0.122 e. The highest BCUT2D eigenvalue weighted by Gasteiger charge is 2.10. The minimum absolute atomic E-state index is 0.404. The molecule has 0 bridgehead atoms. The molecule has 0 aliphatic carbocycles. The maximum Gasteiger partial charge on any atom is 0.122 e. The molecule has 0 fully saturated rings. The van der Waals surface area contributed by atoms with E-state index in [0.717, 1.165) is 18.8 Å². The Labute approximate surface area is 106 Å². The molecule has 0 unspecified atom stereocenters. The highest BCUT2D eigenvalue weighted by Crippen LogP contribution is 2.26. The van der Waals surface area contributed by atoms with Crippen LogP contribution < -0.4 is 4.74 Å². The normalized spacial score (nSPS) is 11.9. The van der Waals surface area contributed by atoms with E-state index in [4.69, 9.17) is 4.74 Å². The van der Waals surface area contributed by atoms with Gasteiger partial charge in [0.25, 0.3) is 0 Å². The van der Waals surface area contributed by atoms with Crippen LogP contribution >= 0.6 is 0 Å². The summed E-state index contributed by atoms with van der Waals surface area (Å²) in [7, 11) is 0. The van der Waals surface area contributed by atoms with Crippen LogP contribution in [0.2, 0.25) is 0 Å². The average molecular weight is 234 g/mol. The quantitative estimate of drug-likeness (QED) is 0.650. The zero-order chi connectivity index (χ0) is 12.9. The second kappa shape index (κ2) is 6.09. The lowest BCUT2D eigenvalue weighted by Gasteiger charge is -2.18. The van der Waals surface area contributed by atoms with E-state index >= 15 is 0 Å². The van der Waals surface area contributed by atoms with Gasteiger partial charge in [0.15, 0.2) is 0 Å². The lowest BCUT2D eigenvalue weighted by Crippen LogP contribution is -2.08. The highest BCUT2D eigenvalue weighted by atomic mass is 16.5. The third-order valence-corrected chi connectivity index (χ3v) is 2.87. The van der Waals surface area contributed by atoms with E-state index in [1.165, 1.54) is 12.0 Å². The zero-order valence-corrected chi connectivity index (χ0v) is 11.9. The number of hydrogen-bond donors (Lipinski definition) is 0. The molecular weight excluding hydrogens is 208 g/mol. The molecule has 1 aromatic carbocycles. The van der Waals surface area contributed by atoms with Gasteiger partial charge in [0, 0.05) is 0 Å². The van der Waals surface area contributed by atoms with E-state index in [1.807, 2.05) is 6.07 Å². The molecule has 0 aliphatic rings. The second-order valence-electron chi connectivity index (χ2n) is 6.21. The molecule has 0 amide bonds. The summed E-state index contributed by atoms with van der Waals surface area (Å²) in [5.74, 6) is 1.57. The predicted octanol–water partition coefficient (Wildman–Crippen LogP) is 5.02. The predicted molar refractivity (Wildman–Crippen MR) is 74.7 cm³/mol. The van der Waals surface area contributed by atoms with Crippen LogP contribution in [-0.4, -0.2) is 6.61 Å². The Morgan fingerprint density at radius 2 is 1.76 bits per heavy atom. The lowest BCUT2D eigenvalue weighted by molar-refractivity contribution is 0.266. The minimum Gasteiger partial charge on any atom is -0.493 e. The molecule has 0 atom stereocenters. The summed E-state index contributed by atoms with van der Waals surface area (Å²) in [5, 5.41) is 0. The summed E-state index contributed by atoms with van der Waals surface area (Å²) in [6.07, 6.45) is 2.33. The molecule has 0 aliphatic heterocycles. The van der Waals surface area contributed by atoms with Crippen molar-refractivity contribution in [3.8, 4) is 5.75 Å². The topological polar surface area (TPSA) is 9.23 Å². The van der Waals surface area contributed by atoms with Crippen LogP contribution in [0.25, 0.3) is 0 Å². The Balaban J connectivity index is 2.47. The van der Waals surface area contributed by atoms with E-state index in [2.05, 4.69) is 52.8 Å². The number of benzene rings is 1. The van der Waals surface area contributed by atoms with E-state index in [0.29, 0.717) is 11.3 Å². The van der Waals surface area contributed by atoms with Gasteiger partial charge in [0.1, 0.15) is 5.75 Å². The van der Waals surface area contributed by atoms with Crippen LogP contribution in [0, 0.1) is 5.41 Å². The Kier molecular flexibility index (Phi) is 5.04. The summed E-state index contributed by atoms with van der Waals surface area (Å²) in [5.41, 5.74) is 1.71. The standard InChI is InChI=1S/C16H26O/c1-13(2)14-9-6-7-10-15(14)17-12-8-11-16(3,4)5/h6-7,9-10,13H,8,11-12H2,1-5H3. The van der Waals surface area contributed by atoms with Crippen molar-refractivity contribution >= 4 is 0 Å². The number of hydrogen-bond acceptors (Lipinski definition) is 1. The van der Waals surface area contributed by atoms with Gasteiger partial charge in [-0.1, -0.05) is 52.8 Å². The Bertz CT molecular complexity index is 334. The molecule has 0 saturated carbocycles. The van der Waals surface area contributed by atoms with Gasteiger partial charge in [-0.05, 0) is 35.8 Å². The molecule has 0 N–H and O–H groups in total. The number of ether oxygens (including phenoxy) is 1. The van der Waals surface area contributed by atoms with Gasteiger partial charge in [-0.2, -0.15) is 0 Å². The number of rotatable bonds is 5. The van der Waals surface area contributed by atoms with Crippen LogP contribution in [0.4, 0.5) is 0 Å². The Morgan fingerprint density at radius 3 is 2.35 bits per heavy atom. The molecule has 1 nitrogen and oxygen atoms in total. The van der Waals surface area contributed by atoms with E-state index in [-0.39, 0.29) is 0 Å². The van der Waals surface area contributed by atoms with Gasteiger partial charge < -0.3 is 4.74 Å². The molecule has 0 radical (unpaired) electrons. The fourth-order valence-electron chi connectivity index (χ4n) is 1.87. The molecule has 1 rings (SSSR count). The first kappa shape index (κ1) is 14.1. The van der Waals surface area contributed by atoms with Gasteiger partial charge in [0.05, 0.1) is 6.61 Å². The van der Waals surface area contributed by atoms with Crippen molar-refractivity contribution in [3.63, 3.8) is 0 Å². The SMILES string of the molecule is CC(C)c1ccccc1OCCCC(C)(C)C. The summed E-state index contributed by atoms with van der Waals surface area (Å²) in [6, 6.07) is 8.36. The van der Waals surface area contributed by atoms with Crippen molar-refractivity contribution in [2.45, 2.75) is 53.4 Å². The molecule has 1 aromatic rings. The fraction of sp³-hybridized carbons (Fsp3) is 0.625. The summed E-state index contributed by atoms with van der Waals surface area (Å²) < 4.78 is 5.89. The van der Waals surface area contributed by atoms with Crippen LogP contribution in [0.15, 0.2) is 24.3 Å². The highest BCUT2D eigenvalue weighted by molar-refractivity contribution is 5.35. The third kappa shape index (κ3) is 5.25. The lowest BCUT2D eigenvalue weighted by atomic mass is 9.91. The maximum atomic E-state index is 5.89. The minimum atomic E-state index is 0.404. The van der Waals surface area contributed by atoms with Crippen molar-refractivity contribution in [3.05, 3.63) is 29.8 Å². The first-order valence-corrected chi connectivity index (χ1v) is 6.62. The summed E-state index contributed by atoms with van der Waals surface area (Å²) in [6.45, 7) is 12.1. The van der Waals surface area contributed by atoms with Crippen molar-refractivity contribution < 1.29 is 4.74 Å². The van der Waals surface area contributed by atoms with Crippen LogP contribution in [0.1, 0.15) is 58.9 Å². The largest absolute Gasteiger partial charge is 0.493 e. The fourth-order valence-corrected chi connectivity index (χ4v) is 1.87. The molecule has 0 aromatic heterocycles. The summed E-state index contributed by atoms with van der Waals surface area (Å²) >= 11 is 0. The Hall–Kier alpha value is -0.980. The second-order valence-corrected chi connectivity index (χ2v) is 6.21. The zero-order valence-electron chi connectivity index (χ0n) is 11.9. The molecule has 96 valence electrons. The average Bonchev–Trinajstić information content (AvgIpc) is 2.23. The molecule has 0 spiro atoms. The van der Waals surface area contributed by atoms with Gasteiger partial charge in [0.2, 0.25) is 0 Å². The third-order valence-electron chi connectivity index (χ3n) is 2.87. The molecular formula is C16H26O. The molecule has 1 heteroatoms. The molecule has 0 heterocycles. The van der Waals surface area contributed by atoms with Gasteiger partial charge in [-0.25, -0.2) is 0 Å². The molecule has 0 saturated heterocycles. The number of para-hydroxylation sites is 1. The van der Waals surface area contributed by atoms with Crippen molar-refractivity contribution in [1.82, 2.24) is 0 Å². The van der Waals surface area contributed by atoms with Crippen molar-refractivity contribution in [2.24, 2.45) is 5.41 Å². The first-order valence-electron chi connectivity index (χ1n) is 6.62. The van der Waals surface area contributed by atoms with E-state index in [9.17, 15) is 0 Å². The van der Waals surface area contributed by atoms with Crippen LogP contribution in [-0.2, 0) is 0 Å². The first-order chi connectivity index (χ1) is 7.90. The van der Waals surface area contributed by atoms with Crippen LogP contribution in [0.5, 0.6) is 5.75 Å². The van der Waals surface area contributed by atoms with Crippen LogP contribution in [0.3, 0.4) is 0 Å². The van der Waals surface area contributed by atoms with Crippen molar-refractivity contribution in [2.75, 3.05) is 6.61 Å².